The van der Waals surface area contributed by atoms with Crippen molar-refractivity contribution in [3.05, 3.63) is 0 Å². The monoisotopic (exact) mass is 532 g/mol. The zero-order valence-corrected chi connectivity index (χ0v) is 21.3. The molecule has 0 spiro atoms. The number of primary amides is 1. The van der Waals surface area contributed by atoms with E-state index < -0.39 is 36.2 Å². The molecular weight excluding hydrogens is 482 g/mol. The summed E-state index contributed by atoms with van der Waals surface area (Å²) < 4.78 is 0. The number of unbranched alkanes of at least 4 members (excludes halogenated alkanes) is 15. The van der Waals surface area contributed by atoms with Crippen molar-refractivity contribution in [2.75, 3.05) is 6.54 Å². The number of amides is 2. The van der Waals surface area contributed by atoms with Crippen molar-refractivity contribution in [1.82, 2.24) is 4.90 Å². The average Bonchev–Trinajstić information content (AvgIpc) is 2.78. The Labute approximate surface area is 262 Å². The van der Waals surface area contributed by atoms with Gasteiger partial charge in [-0.15, -0.1) is 0 Å². The second-order valence-corrected chi connectivity index (χ2v) is 9.31. The van der Waals surface area contributed by atoms with Gasteiger partial charge in [-0.05, 0) is 6.42 Å². The minimum atomic E-state index is -1.44. The van der Waals surface area contributed by atoms with Crippen molar-refractivity contribution in [2.24, 2.45) is 5.73 Å². The predicted octanol–water partition coefficient (Wildman–Crippen LogP) is 3.97. The summed E-state index contributed by atoms with van der Waals surface area (Å²) in [6.07, 6.45) is 18.3. The molecular formula is C26H50N2Na2O6. The van der Waals surface area contributed by atoms with Crippen LogP contribution in [0.25, 0.3) is 0 Å². The number of nitrogens with two attached hydrogens (primary N) is 1. The maximum absolute atomic E-state index is 12.4. The van der Waals surface area contributed by atoms with Gasteiger partial charge < -0.3 is 20.8 Å². The molecule has 1 atom stereocenters. The number of aliphatic carboxylic acids is 2. The second kappa shape index (κ2) is 27.9. The first-order valence-corrected chi connectivity index (χ1v) is 13.3. The molecule has 0 rings (SSSR count). The Morgan fingerprint density at radius 1 is 0.667 bits per heavy atom. The van der Waals surface area contributed by atoms with E-state index in [1.165, 1.54) is 77.0 Å². The van der Waals surface area contributed by atoms with Crippen LogP contribution in [-0.4, -0.2) is 111 Å². The van der Waals surface area contributed by atoms with Crippen molar-refractivity contribution in [3.63, 3.8) is 0 Å². The topological polar surface area (TPSA) is 138 Å². The summed E-state index contributed by atoms with van der Waals surface area (Å²) in [7, 11) is 0. The van der Waals surface area contributed by atoms with E-state index in [1.54, 1.807) is 0 Å². The standard InChI is InChI=1S/C26H48N2O6.2Na.2H/c1-2-3-4-5-6-7-8-9-10-11-12-13-14-15-16-17-20-28(24(30)19-18-23(27)29)22(26(33)34)21-25(31)32;;;;/h22H,2-21H2,1H3,(H2,27,29)(H,31,32)(H,33,34);;;;. The van der Waals surface area contributed by atoms with Gasteiger partial charge in [0.25, 0.3) is 0 Å². The molecule has 202 valence electrons. The van der Waals surface area contributed by atoms with Crippen molar-refractivity contribution in [2.45, 2.75) is 135 Å². The average molecular weight is 533 g/mol. The first-order chi connectivity index (χ1) is 16.3. The van der Waals surface area contributed by atoms with Crippen LogP contribution >= 0.6 is 0 Å². The first kappa shape index (κ1) is 40.4. The Morgan fingerprint density at radius 2 is 1.06 bits per heavy atom. The Morgan fingerprint density at radius 3 is 1.39 bits per heavy atom. The molecule has 0 radical (unpaired) electrons. The zero-order chi connectivity index (χ0) is 25.6. The van der Waals surface area contributed by atoms with E-state index in [9.17, 15) is 24.3 Å². The molecule has 1 unspecified atom stereocenters. The van der Waals surface area contributed by atoms with Crippen LogP contribution in [0.1, 0.15) is 129 Å². The first-order valence-electron chi connectivity index (χ1n) is 13.3. The molecule has 10 heteroatoms. The number of nitrogens with zero attached hydrogens (tertiary/aromatic N) is 1. The van der Waals surface area contributed by atoms with Crippen molar-refractivity contribution < 1.29 is 29.4 Å². The molecule has 0 aliphatic heterocycles. The fourth-order valence-corrected chi connectivity index (χ4v) is 4.15. The molecule has 4 N–H and O–H groups in total. The molecule has 0 saturated heterocycles. The van der Waals surface area contributed by atoms with Crippen LogP contribution in [0, 0.1) is 0 Å². The number of rotatable bonds is 24. The number of carboxylic acids is 2. The molecule has 0 fully saturated rings. The molecule has 0 aromatic rings. The Kier molecular flexibility index (Phi) is 31.3. The van der Waals surface area contributed by atoms with Crippen LogP contribution in [0.3, 0.4) is 0 Å². The molecule has 0 saturated carbocycles. The van der Waals surface area contributed by atoms with Gasteiger partial charge in [-0.2, -0.15) is 0 Å². The van der Waals surface area contributed by atoms with Gasteiger partial charge in [0.2, 0.25) is 11.8 Å². The molecule has 2 amide bonds. The van der Waals surface area contributed by atoms with E-state index in [0.717, 1.165) is 24.2 Å². The van der Waals surface area contributed by atoms with Crippen molar-refractivity contribution >= 4 is 82.9 Å². The minimum absolute atomic E-state index is 0. The van der Waals surface area contributed by atoms with E-state index in [4.69, 9.17) is 10.8 Å². The van der Waals surface area contributed by atoms with Gasteiger partial charge >= 0.3 is 71.1 Å². The van der Waals surface area contributed by atoms with Gasteiger partial charge in [0.1, 0.15) is 6.04 Å². The molecule has 36 heavy (non-hydrogen) atoms. The normalized spacial score (nSPS) is 11.1. The molecule has 0 heterocycles. The summed E-state index contributed by atoms with van der Waals surface area (Å²) in [6, 6.07) is -1.44. The zero-order valence-electron chi connectivity index (χ0n) is 21.3. The van der Waals surface area contributed by atoms with Gasteiger partial charge in [-0.1, -0.05) is 103 Å². The molecule has 0 aliphatic carbocycles. The fraction of sp³-hybridized carbons (Fsp3) is 0.846. The van der Waals surface area contributed by atoms with Crippen LogP contribution in [0.4, 0.5) is 0 Å². The summed E-state index contributed by atoms with van der Waals surface area (Å²) in [6.45, 7) is 2.41. The van der Waals surface area contributed by atoms with Crippen LogP contribution in [0.5, 0.6) is 0 Å². The van der Waals surface area contributed by atoms with E-state index in [-0.39, 0.29) is 78.5 Å². The van der Waals surface area contributed by atoms with Gasteiger partial charge in [-0.25, -0.2) is 4.79 Å². The quantitative estimate of drug-likeness (QED) is 0.127. The number of carboxylic acid groups (broad SMARTS) is 2. The third-order valence-corrected chi connectivity index (χ3v) is 6.19. The number of hydrogen-bond donors (Lipinski definition) is 3. The number of hydrogen-bond acceptors (Lipinski definition) is 4. The van der Waals surface area contributed by atoms with E-state index in [2.05, 4.69) is 6.92 Å². The van der Waals surface area contributed by atoms with E-state index in [0.29, 0.717) is 6.42 Å². The molecule has 0 aromatic carbocycles. The summed E-state index contributed by atoms with van der Waals surface area (Å²) in [5, 5.41) is 18.4. The van der Waals surface area contributed by atoms with Crippen LogP contribution < -0.4 is 5.73 Å². The number of carbonyl (C=O) groups is 4. The van der Waals surface area contributed by atoms with Crippen LogP contribution in [0.2, 0.25) is 0 Å². The SMILES string of the molecule is CCCCCCCCCCCCCCCCCCN(C(=O)CCC(N)=O)C(CC(=O)O)C(=O)O.[NaH].[NaH]. The summed E-state index contributed by atoms with van der Waals surface area (Å²) >= 11 is 0. The van der Waals surface area contributed by atoms with Crippen LogP contribution in [-0.2, 0) is 19.2 Å². The Balaban J connectivity index is -0.00000544. The van der Waals surface area contributed by atoms with Crippen molar-refractivity contribution in [3.8, 4) is 0 Å². The van der Waals surface area contributed by atoms with Gasteiger partial charge in [-0.3, -0.25) is 14.4 Å². The predicted molar refractivity (Wildman–Crippen MR) is 148 cm³/mol. The second-order valence-electron chi connectivity index (χ2n) is 9.31. The molecule has 0 aromatic heterocycles. The van der Waals surface area contributed by atoms with Crippen molar-refractivity contribution in [1.29, 1.82) is 0 Å². The van der Waals surface area contributed by atoms with Gasteiger partial charge in [0, 0.05) is 19.4 Å². The molecule has 8 nitrogen and oxygen atoms in total. The summed E-state index contributed by atoms with van der Waals surface area (Å²) in [5.74, 6) is -3.84. The Bertz CT molecular complexity index is 593. The summed E-state index contributed by atoms with van der Waals surface area (Å²) in [4.78, 5) is 47.1. The molecule has 0 bridgehead atoms. The summed E-state index contributed by atoms with van der Waals surface area (Å²) in [5.41, 5.74) is 5.08. The third kappa shape index (κ3) is 24.2. The maximum atomic E-state index is 12.4. The van der Waals surface area contributed by atoms with E-state index >= 15 is 0 Å². The fourth-order valence-electron chi connectivity index (χ4n) is 4.15. The van der Waals surface area contributed by atoms with Gasteiger partial charge in [0.15, 0.2) is 0 Å². The third-order valence-electron chi connectivity index (χ3n) is 6.19. The molecule has 0 aliphatic rings. The van der Waals surface area contributed by atoms with Crippen LogP contribution in [0.15, 0.2) is 0 Å². The van der Waals surface area contributed by atoms with Gasteiger partial charge in [0.05, 0.1) is 6.42 Å². The number of carbonyl (C=O) groups excluding carboxylic acids is 2. The van der Waals surface area contributed by atoms with E-state index in [1.807, 2.05) is 0 Å². The Hall–Kier alpha value is -0.120.